The maximum Gasteiger partial charge on any atom is 0.243 e. The molecule has 30 heavy (non-hydrogen) atoms. The van der Waals surface area contributed by atoms with E-state index in [0.29, 0.717) is 24.6 Å². The van der Waals surface area contributed by atoms with Crippen LogP contribution in [-0.4, -0.2) is 45.4 Å². The Kier molecular flexibility index (Phi) is 9.14. The Morgan fingerprint density at radius 2 is 1.87 bits per heavy atom. The second-order valence-corrected chi connectivity index (χ2v) is 9.75. The lowest BCUT2D eigenvalue weighted by atomic mass is 10.1. The number of carbonyl (C=O) groups excluding carboxylic acids is 1. The van der Waals surface area contributed by atoms with Crippen molar-refractivity contribution in [3.8, 4) is 5.75 Å². The number of hydrogen-bond acceptors (Lipinski definition) is 4. The summed E-state index contributed by atoms with van der Waals surface area (Å²) in [7, 11) is -2.46. The summed E-state index contributed by atoms with van der Waals surface area (Å²) in [5.74, 6) is 0.509. The number of ether oxygens (including phenoxy) is 1. The van der Waals surface area contributed by atoms with Crippen LogP contribution in [0.5, 0.6) is 5.75 Å². The molecule has 0 radical (unpaired) electrons. The van der Waals surface area contributed by atoms with E-state index >= 15 is 0 Å². The number of hydrogen-bond donors (Lipinski definition) is 1. The predicted octanol–water partition coefficient (Wildman–Crippen LogP) is 3.74. The van der Waals surface area contributed by atoms with Gasteiger partial charge in [0.15, 0.2) is 0 Å². The lowest BCUT2D eigenvalue weighted by Crippen LogP contribution is -2.42. The molecule has 1 N–H and O–H groups in total. The highest BCUT2D eigenvalue weighted by Crippen LogP contribution is 2.28. The normalized spacial score (nSPS) is 11.7. The zero-order chi connectivity index (χ0) is 22.1. The molecule has 0 heterocycles. The number of halogens is 1. The predicted molar refractivity (Wildman–Crippen MR) is 119 cm³/mol. The highest BCUT2D eigenvalue weighted by Gasteiger charge is 2.27. The smallest absolute Gasteiger partial charge is 0.243 e. The van der Waals surface area contributed by atoms with Crippen LogP contribution < -0.4 is 10.1 Å². The van der Waals surface area contributed by atoms with E-state index in [1.165, 1.54) is 29.6 Å². The van der Waals surface area contributed by atoms with Crippen molar-refractivity contribution in [3.63, 3.8) is 0 Å². The summed E-state index contributed by atoms with van der Waals surface area (Å²) in [6.45, 7) is 4.56. The lowest BCUT2D eigenvalue weighted by molar-refractivity contribution is -0.121. The fourth-order valence-electron chi connectivity index (χ4n) is 2.86. The molecule has 0 saturated heterocycles. The fraction of sp³-hybridized carbons (Fsp3) is 0.409. The van der Waals surface area contributed by atoms with Gasteiger partial charge in [-0.2, -0.15) is 4.31 Å². The van der Waals surface area contributed by atoms with Crippen LogP contribution in [0.3, 0.4) is 0 Å². The van der Waals surface area contributed by atoms with Crippen LogP contribution in [-0.2, 0) is 21.2 Å². The first-order chi connectivity index (χ1) is 14.2. The Morgan fingerprint density at radius 3 is 2.47 bits per heavy atom. The molecule has 0 unspecified atom stereocenters. The summed E-state index contributed by atoms with van der Waals surface area (Å²) < 4.78 is 32.8. The SMILES string of the molecule is COc1ccc(S(=O)(=O)N(CCc2ccccc2)CC(=O)NCCC(C)C)cc1Cl. The van der Waals surface area contributed by atoms with E-state index in [9.17, 15) is 13.2 Å². The minimum Gasteiger partial charge on any atom is -0.495 e. The van der Waals surface area contributed by atoms with Crippen LogP contribution in [0.1, 0.15) is 25.8 Å². The first kappa shape index (κ1) is 24.2. The Balaban J connectivity index is 2.21. The molecule has 2 aromatic rings. The number of carbonyl (C=O) groups is 1. The third-order valence-corrected chi connectivity index (χ3v) is 6.75. The van der Waals surface area contributed by atoms with Crippen molar-refractivity contribution in [1.29, 1.82) is 0 Å². The minimum absolute atomic E-state index is 0.0244. The average Bonchev–Trinajstić information content (AvgIpc) is 2.71. The standard InChI is InChI=1S/C22H29ClN2O4S/c1-17(2)11-13-24-22(26)16-25(14-12-18-7-5-4-6-8-18)30(27,28)19-9-10-21(29-3)20(23)15-19/h4-10,15,17H,11-14,16H2,1-3H3,(H,24,26). The Hall–Kier alpha value is -2.09. The molecular formula is C22H29ClN2O4S. The van der Waals surface area contributed by atoms with Crippen molar-refractivity contribution in [2.45, 2.75) is 31.6 Å². The third-order valence-electron chi connectivity index (χ3n) is 4.62. The number of rotatable bonds is 11. The summed E-state index contributed by atoms with van der Waals surface area (Å²) in [6.07, 6.45) is 1.32. The van der Waals surface area contributed by atoms with Crippen molar-refractivity contribution in [1.82, 2.24) is 9.62 Å². The molecule has 2 aromatic carbocycles. The number of benzene rings is 2. The molecule has 1 amide bonds. The summed E-state index contributed by atoms with van der Waals surface area (Å²) in [6, 6.07) is 13.8. The van der Waals surface area contributed by atoms with Gasteiger partial charge in [0, 0.05) is 13.1 Å². The highest BCUT2D eigenvalue weighted by molar-refractivity contribution is 7.89. The van der Waals surface area contributed by atoms with E-state index < -0.39 is 10.0 Å². The topological polar surface area (TPSA) is 75.7 Å². The van der Waals surface area contributed by atoms with Crippen LogP contribution >= 0.6 is 11.6 Å². The third kappa shape index (κ3) is 7.00. The molecule has 0 aromatic heterocycles. The molecule has 2 rings (SSSR count). The van der Waals surface area contributed by atoms with Gasteiger partial charge in [-0.3, -0.25) is 4.79 Å². The molecule has 6 nitrogen and oxygen atoms in total. The van der Waals surface area contributed by atoms with Crippen molar-refractivity contribution in [2.75, 3.05) is 26.7 Å². The highest BCUT2D eigenvalue weighted by atomic mass is 35.5. The van der Waals surface area contributed by atoms with Gasteiger partial charge in [-0.15, -0.1) is 0 Å². The van der Waals surface area contributed by atoms with Crippen molar-refractivity contribution >= 4 is 27.5 Å². The maximum absolute atomic E-state index is 13.3. The Labute approximate surface area is 184 Å². The van der Waals surface area contributed by atoms with E-state index in [-0.39, 0.29) is 28.9 Å². The second-order valence-electron chi connectivity index (χ2n) is 7.40. The monoisotopic (exact) mass is 452 g/mol. The number of nitrogens with one attached hydrogen (secondary N) is 1. The van der Waals surface area contributed by atoms with Crippen LogP contribution in [0.15, 0.2) is 53.4 Å². The summed E-state index contributed by atoms with van der Waals surface area (Å²) >= 11 is 6.13. The second kappa shape index (κ2) is 11.3. The molecule has 0 spiro atoms. The average molecular weight is 453 g/mol. The molecule has 0 atom stereocenters. The Bertz CT molecular complexity index is 933. The number of nitrogens with zero attached hydrogens (tertiary/aromatic N) is 1. The van der Waals surface area contributed by atoms with Crippen LogP contribution in [0.25, 0.3) is 0 Å². The van der Waals surface area contributed by atoms with Gasteiger partial charge in [-0.25, -0.2) is 8.42 Å². The number of methoxy groups -OCH3 is 1. The summed E-state index contributed by atoms with van der Waals surface area (Å²) in [5, 5.41) is 3.00. The van der Waals surface area contributed by atoms with Gasteiger partial charge >= 0.3 is 0 Å². The number of amides is 1. The van der Waals surface area contributed by atoms with Crippen molar-refractivity contribution < 1.29 is 17.9 Å². The van der Waals surface area contributed by atoms with Gasteiger partial charge in [0.2, 0.25) is 15.9 Å². The van der Waals surface area contributed by atoms with Gasteiger partial charge in [0.1, 0.15) is 5.75 Å². The number of sulfonamides is 1. The summed E-state index contributed by atoms with van der Waals surface area (Å²) in [5.41, 5.74) is 0.991. The fourth-order valence-corrected chi connectivity index (χ4v) is 4.60. The van der Waals surface area contributed by atoms with Crippen LogP contribution in [0, 0.1) is 5.92 Å². The van der Waals surface area contributed by atoms with E-state index in [1.54, 1.807) is 0 Å². The molecule has 0 saturated carbocycles. The molecule has 164 valence electrons. The van der Waals surface area contributed by atoms with Crippen molar-refractivity contribution in [2.24, 2.45) is 5.92 Å². The summed E-state index contributed by atoms with van der Waals surface area (Å²) in [4.78, 5) is 12.5. The zero-order valence-corrected chi connectivity index (χ0v) is 19.2. The molecule has 0 aliphatic rings. The largest absolute Gasteiger partial charge is 0.495 e. The molecule has 0 fully saturated rings. The zero-order valence-electron chi connectivity index (χ0n) is 17.6. The first-order valence-electron chi connectivity index (χ1n) is 9.88. The van der Waals surface area contributed by atoms with E-state index in [4.69, 9.17) is 16.3 Å². The van der Waals surface area contributed by atoms with Gasteiger partial charge < -0.3 is 10.1 Å². The van der Waals surface area contributed by atoms with Crippen LogP contribution in [0.2, 0.25) is 5.02 Å². The van der Waals surface area contributed by atoms with Crippen molar-refractivity contribution in [3.05, 3.63) is 59.1 Å². The molecular weight excluding hydrogens is 424 g/mol. The quantitative estimate of drug-likeness (QED) is 0.563. The molecule has 0 aliphatic carbocycles. The van der Waals surface area contributed by atoms with E-state index in [2.05, 4.69) is 19.2 Å². The van der Waals surface area contributed by atoms with Crippen LogP contribution in [0.4, 0.5) is 0 Å². The van der Waals surface area contributed by atoms with Gasteiger partial charge in [0.25, 0.3) is 0 Å². The minimum atomic E-state index is -3.92. The van der Waals surface area contributed by atoms with Gasteiger partial charge in [0.05, 0.1) is 23.6 Å². The maximum atomic E-state index is 13.3. The molecule has 0 bridgehead atoms. The van der Waals surface area contributed by atoms with Gasteiger partial charge in [-0.05, 0) is 42.5 Å². The first-order valence-corrected chi connectivity index (χ1v) is 11.7. The van der Waals surface area contributed by atoms with Gasteiger partial charge in [-0.1, -0.05) is 55.8 Å². The molecule has 0 aliphatic heterocycles. The Morgan fingerprint density at radius 1 is 1.17 bits per heavy atom. The lowest BCUT2D eigenvalue weighted by Gasteiger charge is -2.22. The molecule has 8 heteroatoms. The van der Waals surface area contributed by atoms with E-state index in [0.717, 1.165) is 12.0 Å². The van der Waals surface area contributed by atoms with E-state index in [1.807, 2.05) is 30.3 Å².